The van der Waals surface area contributed by atoms with Gasteiger partial charge in [-0.15, -0.1) is 11.8 Å². The number of carboxylic acid groups (broad SMARTS) is 1. The summed E-state index contributed by atoms with van der Waals surface area (Å²) in [4.78, 5) is 10.3. The van der Waals surface area contributed by atoms with E-state index < -0.39 is 11.4 Å². The fourth-order valence-corrected chi connectivity index (χ4v) is 2.53. The summed E-state index contributed by atoms with van der Waals surface area (Å²) >= 11 is 1.18. The molecule has 0 radical (unpaired) electrons. The second kappa shape index (κ2) is 4.72. The summed E-state index contributed by atoms with van der Waals surface area (Å²) in [5, 5.41) is 17.8. The average molecular weight is 190 g/mol. The lowest BCUT2D eigenvalue weighted by atomic mass is 10.0. The molecule has 2 N–H and O–H groups in total. The number of aliphatic hydroxyl groups is 1. The third kappa shape index (κ3) is 3.03. The molecule has 1 unspecified atom stereocenters. The minimum atomic E-state index is -1.23. The first-order valence-corrected chi connectivity index (χ1v) is 5.21. The van der Waals surface area contributed by atoms with Crippen LogP contribution in [0.1, 0.15) is 32.1 Å². The fraction of sp³-hybridized carbons (Fsp3) is 0.875. The molecule has 0 aromatic heterocycles. The minimum Gasteiger partial charge on any atom is -0.479 e. The van der Waals surface area contributed by atoms with Gasteiger partial charge in [0.15, 0.2) is 5.44 Å². The van der Waals surface area contributed by atoms with Crippen molar-refractivity contribution in [3.63, 3.8) is 0 Å². The van der Waals surface area contributed by atoms with Crippen LogP contribution in [0.25, 0.3) is 0 Å². The molecule has 70 valence electrons. The van der Waals surface area contributed by atoms with Gasteiger partial charge in [-0.3, -0.25) is 0 Å². The van der Waals surface area contributed by atoms with Crippen LogP contribution in [-0.4, -0.2) is 26.9 Å². The maximum absolute atomic E-state index is 10.3. The van der Waals surface area contributed by atoms with Crippen molar-refractivity contribution >= 4 is 17.7 Å². The van der Waals surface area contributed by atoms with Crippen molar-refractivity contribution in [1.82, 2.24) is 0 Å². The Hall–Kier alpha value is -0.220. The summed E-state index contributed by atoms with van der Waals surface area (Å²) in [5.74, 6) is -1.12. The summed E-state index contributed by atoms with van der Waals surface area (Å²) in [6, 6.07) is 0. The Balaban J connectivity index is 2.24. The molecule has 0 amide bonds. The number of aliphatic hydroxyl groups excluding tert-OH is 1. The van der Waals surface area contributed by atoms with Gasteiger partial charge in [0, 0.05) is 5.25 Å². The molecule has 4 heteroatoms. The fourth-order valence-electron chi connectivity index (χ4n) is 1.44. The van der Waals surface area contributed by atoms with Crippen LogP contribution in [0.3, 0.4) is 0 Å². The summed E-state index contributed by atoms with van der Waals surface area (Å²) in [6.07, 6.45) is 5.69. The zero-order valence-electron chi connectivity index (χ0n) is 6.90. The first kappa shape index (κ1) is 9.86. The number of aliphatic carboxylic acids is 1. The van der Waals surface area contributed by atoms with E-state index in [1.165, 1.54) is 31.0 Å². The van der Waals surface area contributed by atoms with Crippen molar-refractivity contribution in [1.29, 1.82) is 0 Å². The van der Waals surface area contributed by atoms with E-state index in [4.69, 9.17) is 10.2 Å². The number of carboxylic acids is 1. The number of hydrogen-bond donors (Lipinski definition) is 2. The molecule has 0 saturated heterocycles. The van der Waals surface area contributed by atoms with Gasteiger partial charge in [0.05, 0.1) is 0 Å². The average Bonchev–Trinajstić information content (AvgIpc) is 2.06. The van der Waals surface area contributed by atoms with E-state index in [0.717, 1.165) is 12.8 Å². The number of thioether (sulfide) groups is 1. The predicted octanol–water partition coefficient (Wildman–Crippen LogP) is 1.46. The molecule has 0 aliphatic heterocycles. The Kier molecular flexibility index (Phi) is 3.88. The predicted molar refractivity (Wildman–Crippen MR) is 48.1 cm³/mol. The van der Waals surface area contributed by atoms with E-state index in [-0.39, 0.29) is 0 Å². The Labute approximate surface area is 76.2 Å². The lowest BCUT2D eigenvalue weighted by molar-refractivity contribution is -0.141. The Morgan fingerprint density at radius 2 is 1.92 bits per heavy atom. The zero-order valence-corrected chi connectivity index (χ0v) is 7.72. The van der Waals surface area contributed by atoms with Crippen LogP contribution in [0.5, 0.6) is 0 Å². The van der Waals surface area contributed by atoms with Crippen LogP contribution in [0.2, 0.25) is 0 Å². The van der Waals surface area contributed by atoms with Gasteiger partial charge in [-0.1, -0.05) is 19.3 Å². The van der Waals surface area contributed by atoms with Crippen LogP contribution in [0.4, 0.5) is 0 Å². The van der Waals surface area contributed by atoms with Crippen molar-refractivity contribution in [2.45, 2.75) is 42.8 Å². The van der Waals surface area contributed by atoms with Crippen molar-refractivity contribution in [3.8, 4) is 0 Å². The highest BCUT2D eigenvalue weighted by atomic mass is 32.2. The van der Waals surface area contributed by atoms with E-state index >= 15 is 0 Å². The van der Waals surface area contributed by atoms with Gasteiger partial charge in [0.25, 0.3) is 0 Å². The molecular weight excluding hydrogens is 176 g/mol. The largest absolute Gasteiger partial charge is 0.479 e. The Bertz CT molecular complexity index is 154. The summed E-state index contributed by atoms with van der Waals surface area (Å²) < 4.78 is 0. The van der Waals surface area contributed by atoms with E-state index in [2.05, 4.69) is 0 Å². The van der Waals surface area contributed by atoms with Gasteiger partial charge in [-0.2, -0.15) is 0 Å². The topological polar surface area (TPSA) is 57.5 Å². The highest BCUT2D eigenvalue weighted by Gasteiger charge is 2.21. The summed E-state index contributed by atoms with van der Waals surface area (Å²) in [7, 11) is 0. The maximum atomic E-state index is 10.3. The molecule has 0 spiro atoms. The molecule has 1 aliphatic rings. The van der Waals surface area contributed by atoms with Gasteiger partial charge >= 0.3 is 5.97 Å². The zero-order chi connectivity index (χ0) is 8.97. The molecule has 1 fully saturated rings. The summed E-state index contributed by atoms with van der Waals surface area (Å²) in [6.45, 7) is 0. The van der Waals surface area contributed by atoms with Crippen molar-refractivity contribution in [2.24, 2.45) is 0 Å². The van der Waals surface area contributed by atoms with E-state index in [1.807, 2.05) is 0 Å². The van der Waals surface area contributed by atoms with Gasteiger partial charge in [0.1, 0.15) is 0 Å². The quantitative estimate of drug-likeness (QED) is 0.661. The lowest BCUT2D eigenvalue weighted by Crippen LogP contribution is -2.20. The second-order valence-electron chi connectivity index (χ2n) is 3.09. The standard InChI is InChI=1S/C8H14O3S/c9-7(10)8(11)12-6-4-2-1-3-5-6/h6,8,11H,1-5H2,(H,9,10). The van der Waals surface area contributed by atoms with Crippen LogP contribution in [-0.2, 0) is 4.79 Å². The van der Waals surface area contributed by atoms with Gasteiger partial charge in [0.2, 0.25) is 0 Å². The number of rotatable bonds is 3. The SMILES string of the molecule is O=C(O)C(O)SC1CCCCC1. The third-order valence-corrected chi connectivity index (χ3v) is 3.40. The monoisotopic (exact) mass is 190 g/mol. The molecule has 1 rings (SSSR count). The molecule has 0 aromatic rings. The minimum absolute atomic E-state index is 0.352. The molecule has 0 heterocycles. The summed E-state index contributed by atoms with van der Waals surface area (Å²) in [5.41, 5.74) is -1.23. The molecule has 12 heavy (non-hydrogen) atoms. The van der Waals surface area contributed by atoms with E-state index in [9.17, 15) is 4.79 Å². The molecule has 1 atom stereocenters. The molecule has 1 saturated carbocycles. The van der Waals surface area contributed by atoms with Crippen LogP contribution >= 0.6 is 11.8 Å². The van der Waals surface area contributed by atoms with Crippen molar-refractivity contribution in [2.75, 3.05) is 0 Å². The second-order valence-corrected chi connectivity index (χ2v) is 4.47. The van der Waals surface area contributed by atoms with Gasteiger partial charge in [-0.25, -0.2) is 4.79 Å². The van der Waals surface area contributed by atoms with Crippen LogP contribution in [0.15, 0.2) is 0 Å². The first-order chi connectivity index (χ1) is 5.70. The van der Waals surface area contributed by atoms with E-state index in [0.29, 0.717) is 5.25 Å². The van der Waals surface area contributed by atoms with Gasteiger partial charge < -0.3 is 10.2 Å². The highest BCUT2D eigenvalue weighted by molar-refractivity contribution is 8.01. The number of carbonyl (C=O) groups is 1. The lowest BCUT2D eigenvalue weighted by Gasteiger charge is -2.21. The molecule has 1 aliphatic carbocycles. The third-order valence-electron chi connectivity index (χ3n) is 2.08. The van der Waals surface area contributed by atoms with E-state index in [1.54, 1.807) is 0 Å². The molecule has 0 aromatic carbocycles. The molecular formula is C8H14O3S. The molecule has 3 nitrogen and oxygen atoms in total. The van der Waals surface area contributed by atoms with Crippen molar-refractivity contribution < 1.29 is 15.0 Å². The van der Waals surface area contributed by atoms with Crippen molar-refractivity contribution in [3.05, 3.63) is 0 Å². The van der Waals surface area contributed by atoms with Gasteiger partial charge in [-0.05, 0) is 12.8 Å². The van der Waals surface area contributed by atoms with Crippen LogP contribution in [0, 0.1) is 0 Å². The smallest absolute Gasteiger partial charge is 0.343 e. The Morgan fingerprint density at radius 1 is 1.33 bits per heavy atom. The van der Waals surface area contributed by atoms with Crippen LogP contribution < -0.4 is 0 Å². The molecule has 0 bridgehead atoms. The maximum Gasteiger partial charge on any atom is 0.343 e. The Morgan fingerprint density at radius 3 is 2.42 bits per heavy atom. The highest BCUT2D eigenvalue weighted by Crippen LogP contribution is 2.30. The normalized spacial score (nSPS) is 22.1. The number of hydrogen-bond acceptors (Lipinski definition) is 3. The first-order valence-electron chi connectivity index (χ1n) is 4.26.